The molecule has 31 heavy (non-hydrogen) atoms. The Labute approximate surface area is 185 Å². The van der Waals surface area contributed by atoms with Crippen LogP contribution in [-0.2, 0) is 4.79 Å². The number of halogens is 1. The number of carbonyl (C=O) groups is 2. The monoisotopic (exact) mass is 445 g/mol. The second kappa shape index (κ2) is 10.2. The molecular formula is C22H28FN5O2S. The lowest BCUT2D eigenvalue weighted by Gasteiger charge is -2.34. The van der Waals surface area contributed by atoms with Crippen molar-refractivity contribution in [1.29, 1.82) is 0 Å². The summed E-state index contributed by atoms with van der Waals surface area (Å²) in [6, 6.07) is 6.57. The molecule has 0 atom stereocenters. The van der Waals surface area contributed by atoms with Crippen LogP contribution in [0.2, 0.25) is 0 Å². The van der Waals surface area contributed by atoms with Gasteiger partial charge in [-0.25, -0.2) is 9.37 Å². The van der Waals surface area contributed by atoms with Crippen LogP contribution >= 0.6 is 11.3 Å². The van der Waals surface area contributed by atoms with Crippen LogP contribution in [0.1, 0.15) is 42.6 Å². The second-order valence-electron chi connectivity index (χ2n) is 8.11. The number of benzene rings is 1. The molecule has 2 N–H and O–H groups in total. The number of anilines is 2. The third-order valence-electron chi connectivity index (χ3n) is 5.83. The molecule has 2 heterocycles. The fourth-order valence-electron chi connectivity index (χ4n) is 4.09. The smallest absolute Gasteiger partial charge is 0.273 e. The van der Waals surface area contributed by atoms with Gasteiger partial charge in [0.05, 0.1) is 12.2 Å². The number of hydrogen-bond donors (Lipinski definition) is 2. The Balaban J connectivity index is 1.23. The molecule has 0 bridgehead atoms. The van der Waals surface area contributed by atoms with Gasteiger partial charge in [0.2, 0.25) is 5.91 Å². The normalized spacial score (nSPS) is 18.0. The van der Waals surface area contributed by atoms with Crippen LogP contribution in [0.4, 0.5) is 15.2 Å². The molecule has 1 aliphatic heterocycles. The first kappa shape index (κ1) is 21.7. The van der Waals surface area contributed by atoms with Gasteiger partial charge >= 0.3 is 0 Å². The predicted octanol–water partition coefficient (Wildman–Crippen LogP) is 3.42. The SMILES string of the molecule is O=C(CN1CCN(C(=O)c2csc(NC3CCCCC3)n2)CC1)Nc1ccccc1F. The van der Waals surface area contributed by atoms with Gasteiger partial charge in [0.15, 0.2) is 5.13 Å². The lowest BCUT2D eigenvalue weighted by atomic mass is 9.96. The number of thiazole rings is 1. The summed E-state index contributed by atoms with van der Waals surface area (Å²) in [7, 11) is 0. The van der Waals surface area contributed by atoms with E-state index in [9.17, 15) is 14.0 Å². The summed E-state index contributed by atoms with van der Waals surface area (Å²) < 4.78 is 13.7. The van der Waals surface area contributed by atoms with E-state index in [1.54, 1.807) is 17.0 Å². The van der Waals surface area contributed by atoms with Gasteiger partial charge in [-0.05, 0) is 25.0 Å². The Bertz CT molecular complexity index is 907. The van der Waals surface area contributed by atoms with Crippen LogP contribution in [-0.4, -0.2) is 65.4 Å². The molecule has 2 amide bonds. The molecule has 9 heteroatoms. The molecule has 0 spiro atoms. The lowest BCUT2D eigenvalue weighted by Crippen LogP contribution is -2.50. The molecule has 4 rings (SSSR count). The molecular weight excluding hydrogens is 417 g/mol. The summed E-state index contributed by atoms with van der Waals surface area (Å²) in [6.45, 7) is 2.42. The van der Waals surface area contributed by atoms with Crippen molar-refractivity contribution in [3.05, 3.63) is 41.2 Å². The largest absolute Gasteiger partial charge is 0.359 e. The number of hydrogen-bond acceptors (Lipinski definition) is 6. The van der Waals surface area contributed by atoms with Gasteiger partial charge in [0.1, 0.15) is 11.5 Å². The highest BCUT2D eigenvalue weighted by molar-refractivity contribution is 7.13. The van der Waals surface area contributed by atoms with Gasteiger partial charge in [-0.2, -0.15) is 0 Å². The molecule has 2 aromatic rings. The average Bonchev–Trinajstić information content (AvgIpc) is 3.24. The fraction of sp³-hybridized carbons (Fsp3) is 0.500. The zero-order valence-electron chi connectivity index (χ0n) is 17.5. The molecule has 166 valence electrons. The summed E-state index contributed by atoms with van der Waals surface area (Å²) in [5, 5.41) is 8.71. The summed E-state index contributed by atoms with van der Waals surface area (Å²) in [6.07, 6.45) is 6.12. The van der Waals surface area contributed by atoms with Crippen molar-refractivity contribution >= 4 is 34.0 Å². The van der Waals surface area contributed by atoms with E-state index in [0.717, 1.165) is 18.0 Å². The Morgan fingerprint density at radius 1 is 1.10 bits per heavy atom. The minimum absolute atomic E-state index is 0.0663. The van der Waals surface area contributed by atoms with Gasteiger partial charge in [-0.1, -0.05) is 31.4 Å². The van der Waals surface area contributed by atoms with E-state index in [1.165, 1.54) is 42.7 Å². The molecule has 2 fully saturated rings. The van der Waals surface area contributed by atoms with Crippen molar-refractivity contribution in [1.82, 2.24) is 14.8 Å². The molecule has 0 radical (unpaired) electrons. The van der Waals surface area contributed by atoms with Crippen LogP contribution < -0.4 is 10.6 Å². The molecule has 2 aliphatic rings. The number of rotatable bonds is 6. The number of amides is 2. The van der Waals surface area contributed by atoms with Crippen molar-refractivity contribution in [3.63, 3.8) is 0 Å². The molecule has 0 unspecified atom stereocenters. The van der Waals surface area contributed by atoms with Crippen molar-refractivity contribution in [2.45, 2.75) is 38.1 Å². The first-order valence-corrected chi connectivity index (χ1v) is 11.7. The maximum Gasteiger partial charge on any atom is 0.273 e. The number of para-hydroxylation sites is 1. The van der Waals surface area contributed by atoms with Crippen LogP contribution in [0.3, 0.4) is 0 Å². The van der Waals surface area contributed by atoms with Gasteiger partial charge < -0.3 is 15.5 Å². The van der Waals surface area contributed by atoms with Gasteiger partial charge in [0, 0.05) is 37.6 Å². The molecule has 1 saturated carbocycles. The predicted molar refractivity (Wildman–Crippen MR) is 120 cm³/mol. The first-order valence-electron chi connectivity index (χ1n) is 10.9. The Kier molecular flexibility index (Phi) is 7.14. The minimum Gasteiger partial charge on any atom is -0.359 e. The minimum atomic E-state index is -0.452. The maximum atomic E-state index is 13.7. The maximum absolute atomic E-state index is 13.7. The summed E-state index contributed by atoms with van der Waals surface area (Å²) in [4.78, 5) is 33.3. The number of nitrogens with one attached hydrogen (secondary N) is 2. The number of carbonyl (C=O) groups excluding carboxylic acids is 2. The van der Waals surface area contributed by atoms with E-state index in [4.69, 9.17) is 0 Å². The Morgan fingerprint density at radius 3 is 2.58 bits per heavy atom. The summed E-state index contributed by atoms with van der Waals surface area (Å²) >= 11 is 1.48. The Morgan fingerprint density at radius 2 is 1.84 bits per heavy atom. The summed E-state index contributed by atoms with van der Waals surface area (Å²) in [5.41, 5.74) is 0.663. The average molecular weight is 446 g/mol. The molecule has 1 aliphatic carbocycles. The standard InChI is InChI=1S/C22H28FN5O2S/c23-17-8-4-5-9-18(17)25-20(29)14-27-10-12-28(13-11-27)21(30)19-15-31-22(26-19)24-16-6-2-1-3-7-16/h4-5,8-9,15-16H,1-3,6-7,10-14H2,(H,24,26)(H,25,29). The van der Waals surface area contributed by atoms with E-state index in [0.29, 0.717) is 37.9 Å². The van der Waals surface area contributed by atoms with E-state index >= 15 is 0 Å². The van der Waals surface area contributed by atoms with Crippen LogP contribution in [0, 0.1) is 5.82 Å². The van der Waals surface area contributed by atoms with Crippen molar-refractivity contribution < 1.29 is 14.0 Å². The van der Waals surface area contributed by atoms with Gasteiger partial charge in [-0.3, -0.25) is 14.5 Å². The highest BCUT2D eigenvalue weighted by Gasteiger charge is 2.25. The highest BCUT2D eigenvalue weighted by atomic mass is 32.1. The van der Waals surface area contributed by atoms with Crippen molar-refractivity contribution in [2.75, 3.05) is 43.4 Å². The van der Waals surface area contributed by atoms with E-state index in [2.05, 4.69) is 15.6 Å². The van der Waals surface area contributed by atoms with Crippen molar-refractivity contribution in [3.8, 4) is 0 Å². The zero-order chi connectivity index (χ0) is 21.6. The first-order chi connectivity index (χ1) is 15.1. The van der Waals surface area contributed by atoms with Crippen LogP contribution in [0.15, 0.2) is 29.6 Å². The van der Waals surface area contributed by atoms with Crippen LogP contribution in [0.25, 0.3) is 0 Å². The molecule has 1 aromatic heterocycles. The third kappa shape index (κ3) is 5.80. The third-order valence-corrected chi connectivity index (χ3v) is 6.60. The fourth-order valence-corrected chi connectivity index (χ4v) is 4.85. The van der Waals surface area contributed by atoms with E-state index < -0.39 is 5.82 Å². The van der Waals surface area contributed by atoms with Gasteiger partial charge in [0.25, 0.3) is 5.91 Å². The molecule has 1 aromatic carbocycles. The molecule has 7 nitrogen and oxygen atoms in total. The quantitative estimate of drug-likeness (QED) is 0.713. The summed E-state index contributed by atoms with van der Waals surface area (Å²) in [5.74, 6) is -0.780. The van der Waals surface area contributed by atoms with Crippen molar-refractivity contribution in [2.24, 2.45) is 0 Å². The molecule has 1 saturated heterocycles. The number of piperazine rings is 1. The van der Waals surface area contributed by atoms with E-state index in [-0.39, 0.29) is 24.0 Å². The lowest BCUT2D eigenvalue weighted by molar-refractivity contribution is -0.117. The topological polar surface area (TPSA) is 77.6 Å². The highest BCUT2D eigenvalue weighted by Crippen LogP contribution is 2.24. The van der Waals surface area contributed by atoms with Crippen LogP contribution in [0.5, 0.6) is 0 Å². The Hall–Kier alpha value is -2.52. The second-order valence-corrected chi connectivity index (χ2v) is 8.97. The van der Waals surface area contributed by atoms with Gasteiger partial charge in [-0.15, -0.1) is 11.3 Å². The zero-order valence-corrected chi connectivity index (χ0v) is 18.3. The number of aromatic nitrogens is 1. The van der Waals surface area contributed by atoms with E-state index in [1.807, 2.05) is 10.3 Å². The number of nitrogens with zero attached hydrogens (tertiary/aromatic N) is 3.